The lowest BCUT2D eigenvalue weighted by Gasteiger charge is -2.19. The lowest BCUT2D eigenvalue weighted by Crippen LogP contribution is -2.31. The van der Waals surface area contributed by atoms with Crippen LogP contribution >= 0.6 is 0 Å². The van der Waals surface area contributed by atoms with Crippen LogP contribution in [0.3, 0.4) is 0 Å². The van der Waals surface area contributed by atoms with Gasteiger partial charge in [0.15, 0.2) is 6.61 Å². The fourth-order valence-electron chi connectivity index (χ4n) is 2.75. The highest BCUT2D eigenvalue weighted by Crippen LogP contribution is 2.25. The first-order chi connectivity index (χ1) is 12.2. The molecular formula is C21H21NO3. The zero-order valence-electron chi connectivity index (χ0n) is 14.4. The number of carbonyl (C=O) groups excluding carboxylic acids is 1. The van der Waals surface area contributed by atoms with Gasteiger partial charge in [0.05, 0.1) is 7.11 Å². The predicted octanol–water partition coefficient (Wildman–Crippen LogP) is 3.89. The van der Waals surface area contributed by atoms with Gasteiger partial charge in [-0.3, -0.25) is 4.79 Å². The molecule has 0 bridgehead atoms. The number of methoxy groups -OCH3 is 1. The minimum absolute atomic E-state index is 0.000341. The third-order valence-electron chi connectivity index (χ3n) is 4.13. The summed E-state index contributed by atoms with van der Waals surface area (Å²) in [5.74, 6) is 1.41. The van der Waals surface area contributed by atoms with Gasteiger partial charge in [-0.2, -0.15) is 0 Å². The number of likely N-dealkylation sites (N-methyl/N-ethyl adjacent to an activating group) is 1. The Morgan fingerprint density at radius 2 is 1.60 bits per heavy atom. The van der Waals surface area contributed by atoms with Crippen molar-refractivity contribution in [2.24, 2.45) is 0 Å². The van der Waals surface area contributed by atoms with Gasteiger partial charge in [-0.1, -0.05) is 54.6 Å². The van der Waals surface area contributed by atoms with Crippen LogP contribution in [0.1, 0.15) is 5.56 Å². The van der Waals surface area contributed by atoms with E-state index in [1.165, 1.54) is 0 Å². The van der Waals surface area contributed by atoms with Crippen LogP contribution in [-0.2, 0) is 11.3 Å². The van der Waals surface area contributed by atoms with E-state index in [0.717, 1.165) is 27.8 Å². The van der Waals surface area contributed by atoms with Crippen molar-refractivity contribution >= 4 is 16.7 Å². The molecule has 0 saturated heterocycles. The number of benzene rings is 3. The summed E-state index contributed by atoms with van der Waals surface area (Å²) in [6.07, 6.45) is 0. The Kier molecular flexibility index (Phi) is 5.19. The zero-order valence-corrected chi connectivity index (χ0v) is 14.4. The molecule has 0 saturated carbocycles. The third-order valence-corrected chi connectivity index (χ3v) is 4.13. The molecule has 0 atom stereocenters. The van der Waals surface area contributed by atoms with Crippen LogP contribution in [0.4, 0.5) is 0 Å². The standard InChI is InChI=1S/C21H21NO3/c1-22(14-17-9-4-6-12-19(17)24-2)21(23)15-25-20-13-7-10-16-8-3-5-11-18(16)20/h3-13H,14-15H2,1-2H3. The minimum Gasteiger partial charge on any atom is -0.496 e. The minimum atomic E-state index is -0.0844. The van der Waals surface area contributed by atoms with Crippen molar-refractivity contribution in [1.82, 2.24) is 4.90 Å². The van der Waals surface area contributed by atoms with Crippen molar-refractivity contribution in [3.8, 4) is 11.5 Å². The molecule has 0 aromatic heterocycles. The molecule has 0 N–H and O–H groups in total. The molecule has 0 fully saturated rings. The van der Waals surface area contributed by atoms with Gasteiger partial charge in [-0.25, -0.2) is 0 Å². The number of rotatable bonds is 6. The van der Waals surface area contributed by atoms with Crippen LogP contribution in [-0.4, -0.2) is 31.6 Å². The van der Waals surface area contributed by atoms with Crippen molar-refractivity contribution in [1.29, 1.82) is 0 Å². The fraction of sp³-hybridized carbons (Fsp3) is 0.190. The van der Waals surface area contributed by atoms with Gasteiger partial charge in [-0.05, 0) is 17.5 Å². The number of amides is 1. The van der Waals surface area contributed by atoms with Gasteiger partial charge < -0.3 is 14.4 Å². The summed E-state index contributed by atoms with van der Waals surface area (Å²) >= 11 is 0. The second-order valence-electron chi connectivity index (χ2n) is 5.83. The molecule has 3 aromatic carbocycles. The average molecular weight is 335 g/mol. The second kappa shape index (κ2) is 7.71. The number of para-hydroxylation sites is 1. The van der Waals surface area contributed by atoms with Crippen LogP contribution in [0.2, 0.25) is 0 Å². The Morgan fingerprint density at radius 3 is 2.44 bits per heavy atom. The van der Waals surface area contributed by atoms with E-state index in [9.17, 15) is 4.79 Å². The van der Waals surface area contributed by atoms with Gasteiger partial charge in [-0.15, -0.1) is 0 Å². The molecule has 0 spiro atoms. The van der Waals surface area contributed by atoms with E-state index in [2.05, 4.69) is 0 Å². The van der Waals surface area contributed by atoms with Crippen LogP contribution in [0, 0.1) is 0 Å². The first-order valence-corrected chi connectivity index (χ1v) is 8.15. The number of carbonyl (C=O) groups is 1. The van der Waals surface area contributed by atoms with E-state index in [1.807, 2.05) is 66.7 Å². The first kappa shape index (κ1) is 16.8. The van der Waals surface area contributed by atoms with Gasteiger partial charge in [0, 0.05) is 24.5 Å². The van der Waals surface area contributed by atoms with E-state index in [4.69, 9.17) is 9.47 Å². The Labute approximate surface area is 147 Å². The van der Waals surface area contributed by atoms with Gasteiger partial charge in [0.25, 0.3) is 5.91 Å². The molecule has 0 heterocycles. The quantitative estimate of drug-likeness (QED) is 0.686. The fourth-order valence-corrected chi connectivity index (χ4v) is 2.75. The van der Waals surface area contributed by atoms with E-state index < -0.39 is 0 Å². The highest BCUT2D eigenvalue weighted by Gasteiger charge is 2.13. The maximum atomic E-state index is 12.4. The Bertz CT molecular complexity index is 870. The van der Waals surface area contributed by atoms with Crippen LogP contribution in [0.15, 0.2) is 66.7 Å². The van der Waals surface area contributed by atoms with Gasteiger partial charge >= 0.3 is 0 Å². The van der Waals surface area contributed by atoms with Crippen molar-refractivity contribution in [2.75, 3.05) is 20.8 Å². The molecule has 3 aromatic rings. The lowest BCUT2D eigenvalue weighted by atomic mass is 10.1. The molecule has 0 aliphatic rings. The highest BCUT2D eigenvalue weighted by molar-refractivity contribution is 5.88. The van der Waals surface area contributed by atoms with Gasteiger partial charge in [0.2, 0.25) is 0 Å². The smallest absolute Gasteiger partial charge is 0.260 e. The molecule has 128 valence electrons. The maximum absolute atomic E-state index is 12.4. The number of hydrogen-bond acceptors (Lipinski definition) is 3. The van der Waals surface area contributed by atoms with Crippen LogP contribution in [0.5, 0.6) is 11.5 Å². The summed E-state index contributed by atoms with van der Waals surface area (Å²) in [7, 11) is 3.39. The largest absolute Gasteiger partial charge is 0.496 e. The van der Waals surface area contributed by atoms with Crippen LogP contribution in [0.25, 0.3) is 10.8 Å². The van der Waals surface area contributed by atoms with Crippen LogP contribution < -0.4 is 9.47 Å². The van der Waals surface area contributed by atoms with E-state index >= 15 is 0 Å². The third kappa shape index (κ3) is 3.91. The topological polar surface area (TPSA) is 38.8 Å². The number of nitrogens with zero attached hydrogens (tertiary/aromatic N) is 1. The SMILES string of the molecule is COc1ccccc1CN(C)C(=O)COc1cccc2ccccc12. The predicted molar refractivity (Wildman–Crippen MR) is 98.9 cm³/mol. The maximum Gasteiger partial charge on any atom is 0.260 e. The zero-order chi connectivity index (χ0) is 17.6. The molecule has 3 rings (SSSR count). The summed E-state index contributed by atoms with van der Waals surface area (Å²) in [6, 6.07) is 21.5. The van der Waals surface area contributed by atoms with Crippen molar-refractivity contribution in [3.05, 3.63) is 72.3 Å². The highest BCUT2D eigenvalue weighted by atomic mass is 16.5. The Balaban J connectivity index is 1.65. The van der Waals surface area contributed by atoms with E-state index in [-0.39, 0.29) is 12.5 Å². The summed E-state index contributed by atoms with van der Waals surface area (Å²) in [6.45, 7) is 0.474. The number of ether oxygens (including phenoxy) is 2. The molecule has 0 unspecified atom stereocenters. The molecule has 0 aliphatic heterocycles. The summed E-state index contributed by atoms with van der Waals surface area (Å²) in [4.78, 5) is 14.1. The number of fused-ring (bicyclic) bond motifs is 1. The Morgan fingerprint density at radius 1 is 0.920 bits per heavy atom. The molecule has 4 nitrogen and oxygen atoms in total. The van der Waals surface area contributed by atoms with Crippen molar-refractivity contribution in [2.45, 2.75) is 6.54 Å². The summed E-state index contributed by atoms with van der Waals surface area (Å²) < 4.78 is 11.1. The normalized spacial score (nSPS) is 10.5. The second-order valence-corrected chi connectivity index (χ2v) is 5.83. The molecule has 25 heavy (non-hydrogen) atoms. The average Bonchev–Trinajstić information content (AvgIpc) is 2.66. The molecule has 4 heteroatoms. The number of hydrogen-bond donors (Lipinski definition) is 0. The van der Waals surface area contributed by atoms with Gasteiger partial charge in [0.1, 0.15) is 11.5 Å². The molecular weight excluding hydrogens is 314 g/mol. The van der Waals surface area contributed by atoms with Crippen molar-refractivity contribution < 1.29 is 14.3 Å². The monoisotopic (exact) mass is 335 g/mol. The summed E-state index contributed by atoms with van der Waals surface area (Å²) in [5, 5.41) is 2.10. The molecule has 1 amide bonds. The van der Waals surface area contributed by atoms with E-state index in [0.29, 0.717) is 6.54 Å². The first-order valence-electron chi connectivity index (χ1n) is 8.15. The Hall–Kier alpha value is -3.01. The van der Waals surface area contributed by atoms with Crippen molar-refractivity contribution in [3.63, 3.8) is 0 Å². The molecule has 0 aliphatic carbocycles. The summed E-state index contributed by atoms with van der Waals surface area (Å²) in [5.41, 5.74) is 0.964. The van der Waals surface area contributed by atoms with E-state index in [1.54, 1.807) is 19.1 Å². The lowest BCUT2D eigenvalue weighted by molar-refractivity contribution is -0.132. The molecule has 0 radical (unpaired) electrons.